The first kappa shape index (κ1) is 17.2. The van der Waals surface area contributed by atoms with Crippen LogP contribution in [0, 0.1) is 11.3 Å². The second-order valence-electron chi connectivity index (χ2n) is 6.41. The molecule has 1 saturated heterocycles. The lowest BCUT2D eigenvalue weighted by Gasteiger charge is -2.39. The van der Waals surface area contributed by atoms with E-state index in [0.717, 1.165) is 12.8 Å². The monoisotopic (exact) mass is 310 g/mol. The SMILES string of the molecule is CN(CCCCl)S(=O)(=O)N1CCC(C(C)(C)C)CC1. The number of nitrogens with zero attached hydrogens (tertiary/aromatic N) is 2. The van der Waals surface area contributed by atoms with Gasteiger partial charge in [0, 0.05) is 32.6 Å². The molecule has 1 aliphatic rings. The summed E-state index contributed by atoms with van der Waals surface area (Å²) in [7, 11) is -1.66. The van der Waals surface area contributed by atoms with Gasteiger partial charge in [-0.2, -0.15) is 17.0 Å². The van der Waals surface area contributed by atoms with Crippen LogP contribution in [0.4, 0.5) is 0 Å². The molecule has 0 amide bonds. The number of halogens is 1. The van der Waals surface area contributed by atoms with Crippen LogP contribution in [0.1, 0.15) is 40.0 Å². The van der Waals surface area contributed by atoms with E-state index in [-0.39, 0.29) is 5.41 Å². The molecule has 0 atom stereocenters. The Hall–Kier alpha value is 0.160. The molecule has 0 bridgehead atoms. The number of hydrogen-bond acceptors (Lipinski definition) is 2. The van der Waals surface area contributed by atoms with Crippen LogP contribution in [0.25, 0.3) is 0 Å². The third-order valence-electron chi connectivity index (χ3n) is 4.01. The standard InChI is InChI=1S/C13H27ClN2O2S/c1-13(2,3)12-6-10-16(11-7-12)19(17,18)15(4)9-5-8-14/h12H,5-11H2,1-4H3. The van der Waals surface area contributed by atoms with Crippen LogP contribution in [0.5, 0.6) is 0 Å². The van der Waals surface area contributed by atoms with E-state index in [0.29, 0.717) is 37.9 Å². The van der Waals surface area contributed by atoms with Crippen molar-refractivity contribution in [3.63, 3.8) is 0 Å². The Morgan fingerprint density at radius 3 is 2.21 bits per heavy atom. The Balaban J connectivity index is 2.59. The zero-order chi connectivity index (χ0) is 14.7. The van der Waals surface area contributed by atoms with Gasteiger partial charge < -0.3 is 0 Å². The highest BCUT2D eigenvalue weighted by Gasteiger charge is 2.34. The summed E-state index contributed by atoms with van der Waals surface area (Å²) in [5.41, 5.74) is 0.264. The summed E-state index contributed by atoms with van der Waals surface area (Å²) in [6, 6.07) is 0. The molecular formula is C13H27ClN2O2S. The van der Waals surface area contributed by atoms with Gasteiger partial charge in [0.05, 0.1) is 0 Å². The molecule has 0 aromatic rings. The second kappa shape index (κ2) is 6.74. The molecule has 0 saturated carbocycles. The van der Waals surface area contributed by atoms with E-state index in [1.165, 1.54) is 4.31 Å². The van der Waals surface area contributed by atoms with E-state index < -0.39 is 10.2 Å². The molecule has 0 aromatic heterocycles. The van der Waals surface area contributed by atoms with Crippen molar-refractivity contribution in [1.29, 1.82) is 0 Å². The average molecular weight is 311 g/mol. The van der Waals surface area contributed by atoms with E-state index in [2.05, 4.69) is 20.8 Å². The van der Waals surface area contributed by atoms with Gasteiger partial charge in [-0.3, -0.25) is 0 Å². The maximum Gasteiger partial charge on any atom is 0.281 e. The highest BCUT2D eigenvalue weighted by atomic mass is 35.5. The minimum Gasteiger partial charge on any atom is -0.195 e. The van der Waals surface area contributed by atoms with Gasteiger partial charge in [0.1, 0.15) is 0 Å². The summed E-state index contributed by atoms with van der Waals surface area (Å²) >= 11 is 5.62. The predicted molar refractivity (Wildman–Crippen MR) is 80.6 cm³/mol. The zero-order valence-electron chi connectivity index (χ0n) is 12.5. The highest BCUT2D eigenvalue weighted by molar-refractivity contribution is 7.86. The van der Waals surface area contributed by atoms with Crippen molar-refractivity contribution in [1.82, 2.24) is 8.61 Å². The lowest BCUT2D eigenvalue weighted by molar-refractivity contribution is 0.150. The van der Waals surface area contributed by atoms with Crippen molar-refractivity contribution in [2.45, 2.75) is 40.0 Å². The fourth-order valence-corrected chi connectivity index (χ4v) is 4.09. The molecule has 0 N–H and O–H groups in total. The van der Waals surface area contributed by atoms with Crippen molar-refractivity contribution in [3.8, 4) is 0 Å². The molecule has 1 heterocycles. The van der Waals surface area contributed by atoms with E-state index in [1.54, 1.807) is 11.4 Å². The number of hydrogen-bond donors (Lipinski definition) is 0. The molecule has 1 aliphatic heterocycles. The molecule has 114 valence electrons. The lowest BCUT2D eigenvalue weighted by Crippen LogP contribution is -2.47. The summed E-state index contributed by atoms with van der Waals surface area (Å²) in [5.74, 6) is 1.10. The second-order valence-corrected chi connectivity index (χ2v) is 8.82. The van der Waals surface area contributed by atoms with Crippen molar-refractivity contribution >= 4 is 21.8 Å². The van der Waals surface area contributed by atoms with Gasteiger partial charge in [-0.05, 0) is 30.6 Å². The maximum atomic E-state index is 12.4. The Labute approximate surface area is 123 Å². The highest BCUT2D eigenvalue weighted by Crippen LogP contribution is 2.35. The van der Waals surface area contributed by atoms with Gasteiger partial charge >= 0.3 is 0 Å². The smallest absolute Gasteiger partial charge is 0.195 e. The third kappa shape index (κ3) is 4.59. The van der Waals surface area contributed by atoms with Crippen molar-refractivity contribution in [3.05, 3.63) is 0 Å². The quantitative estimate of drug-likeness (QED) is 0.732. The van der Waals surface area contributed by atoms with Crippen molar-refractivity contribution in [2.75, 3.05) is 32.6 Å². The molecule has 4 nitrogen and oxygen atoms in total. The molecule has 19 heavy (non-hydrogen) atoms. The van der Waals surface area contributed by atoms with E-state index in [1.807, 2.05) is 0 Å². The normalized spacial score (nSPS) is 20.1. The number of alkyl halides is 1. The summed E-state index contributed by atoms with van der Waals surface area (Å²) in [6.07, 6.45) is 2.59. The predicted octanol–water partition coefficient (Wildman–Crippen LogP) is 2.55. The average Bonchev–Trinajstić information content (AvgIpc) is 2.35. The van der Waals surface area contributed by atoms with E-state index in [4.69, 9.17) is 11.6 Å². The molecule has 0 spiro atoms. The lowest BCUT2D eigenvalue weighted by atomic mass is 9.76. The fourth-order valence-electron chi connectivity index (χ4n) is 2.55. The molecule has 0 unspecified atom stereocenters. The molecule has 0 radical (unpaired) electrons. The summed E-state index contributed by atoms with van der Waals surface area (Å²) in [4.78, 5) is 0. The van der Waals surface area contributed by atoms with Gasteiger partial charge in [0.2, 0.25) is 0 Å². The first-order valence-electron chi connectivity index (χ1n) is 6.97. The Morgan fingerprint density at radius 2 is 1.79 bits per heavy atom. The van der Waals surface area contributed by atoms with Gasteiger partial charge in [0.25, 0.3) is 10.2 Å². The summed E-state index contributed by atoms with van der Waals surface area (Å²) < 4.78 is 27.8. The van der Waals surface area contributed by atoms with Crippen LogP contribution in [-0.4, -0.2) is 49.6 Å². The topological polar surface area (TPSA) is 40.6 Å². The van der Waals surface area contributed by atoms with E-state index >= 15 is 0 Å². The third-order valence-corrected chi connectivity index (χ3v) is 6.26. The first-order chi connectivity index (χ1) is 8.69. The van der Waals surface area contributed by atoms with Crippen molar-refractivity contribution < 1.29 is 8.42 Å². The maximum absolute atomic E-state index is 12.4. The van der Waals surface area contributed by atoms with Crippen LogP contribution in [-0.2, 0) is 10.2 Å². The van der Waals surface area contributed by atoms with Crippen LogP contribution < -0.4 is 0 Å². The van der Waals surface area contributed by atoms with Gasteiger partial charge in [-0.15, -0.1) is 11.6 Å². The minimum absolute atomic E-state index is 0.264. The Bertz CT molecular complexity index is 371. The van der Waals surface area contributed by atoms with Gasteiger partial charge in [-0.1, -0.05) is 20.8 Å². The molecule has 0 aliphatic carbocycles. The first-order valence-corrected chi connectivity index (χ1v) is 8.90. The molecular weight excluding hydrogens is 284 g/mol. The van der Waals surface area contributed by atoms with Crippen LogP contribution in [0.2, 0.25) is 0 Å². The number of piperidine rings is 1. The molecule has 1 fully saturated rings. The van der Waals surface area contributed by atoms with Crippen LogP contribution in [0.3, 0.4) is 0 Å². The molecule has 0 aromatic carbocycles. The molecule has 6 heteroatoms. The summed E-state index contributed by atoms with van der Waals surface area (Å²) in [5, 5.41) is 0. The Morgan fingerprint density at radius 1 is 1.26 bits per heavy atom. The largest absolute Gasteiger partial charge is 0.281 e. The minimum atomic E-state index is -3.30. The van der Waals surface area contributed by atoms with Gasteiger partial charge in [-0.25, -0.2) is 0 Å². The van der Waals surface area contributed by atoms with Crippen LogP contribution in [0.15, 0.2) is 0 Å². The fraction of sp³-hybridized carbons (Fsp3) is 1.00. The van der Waals surface area contributed by atoms with Crippen LogP contribution >= 0.6 is 11.6 Å². The zero-order valence-corrected chi connectivity index (χ0v) is 14.1. The van der Waals surface area contributed by atoms with Gasteiger partial charge in [0.15, 0.2) is 0 Å². The summed E-state index contributed by atoms with van der Waals surface area (Å²) in [6.45, 7) is 8.45. The Kier molecular flexibility index (Phi) is 6.11. The van der Waals surface area contributed by atoms with Crippen molar-refractivity contribution in [2.24, 2.45) is 11.3 Å². The molecule has 1 rings (SSSR count). The number of rotatable bonds is 5. The van der Waals surface area contributed by atoms with E-state index in [9.17, 15) is 8.42 Å².